The Hall–Kier alpha value is -1.91. The predicted molar refractivity (Wildman–Crippen MR) is 77.1 cm³/mol. The number of piperidine rings is 1. The molecule has 0 unspecified atom stereocenters. The van der Waals surface area contributed by atoms with Gasteiger partial charge in [0.05, 0.1) is 0 Å². The number of hydrogen-bond donors (Lipinski definition) is 0. The molecule has 114 valence electrons. The van der Waals surface area contributed by atoms with Crippen molar-refractivity contribution in [3.63, 3.8) is 0 Å². The van der Waals surface area contributed by atoms with Gasteiger partial charge in [0.15, 0.2) is 0 Å². The van der Waals surface area contributed by atoms with Crippen LogP contribution in [0.15, 0.2) is 30.3 Å². The van der Waals surface area contributed by atoms with Crippen molar-refractivity contribution in [3.8, 4) is 5.75 Å². The van der Waals surface area contributed by atoms with Crippen LogP contribution in [0.1, 0.15) is 25.3 Å². The molecule has 5 heteroatoms. The van der Waals surface area contributed by atoms with Crippen LogP contribution in [0.25, 0.3) is 6.08 Å². The van der Waals surface area contributed by atoms with Crippen LogP contribution in [0.2, 0.25) is 0 Å². The first-order chi connectivity index (χ1) is 10.1. The van der Waals surface area contributed by atoms with Gasteiger partial charge in [-0.15, -0.1) is 0 Å². The second-order valence-corrected chi connectivity index (χ2v) is 5.26. The Morgan fingerprint density at radius 2 is 2.00 bits per heavy atom. The fourth-order valence-corrected chi connectivity index (χ4v) is 2.32. The Labute approximate surface area is 123 Å². The van der Waals surface area contributed by atoms with Crippen molar-refractivity contribution in [2.45, 2.75) is 26.4 Å². The van der Waals surface area contributed by atoms with Gasteiger partial charge in [-0.2, -0.15) is 8.78 Å². The standard InChI is InChI=1S/C16H19F2NO2/c1-12-8-10-19(11-9-12)15(20)7-6-13-4-2-3-5-14(13)21-16(17)18/h2-7,12,16H,8-11H2,1H3/b7-6+. The van der Waals surface area contributed by atoms with Crippen molar-refractivity contribution < 1.29 is 18.3 Å². The minimum absolute atomic E-state index is 0.0730. The topological polar surface area (TPSA) is 29.5 Å². The summed E-state index contributed by atoms with van der Waals surface area (Å²) in [6, 6.07) is 6.42. The number of carbonyl (C=O) groups is 1. The van der Waals surface area contributed by atoms with Crippen molar-refractivity contribution in [1.29, 1.82) is 0 Å². The number of halogens is 2. The number of amides is 1. The molecule has 1 aliphatic rings. The lowest BCUT2D eigenvalue weighted by molar-refractivity contribution is -0.127. The van der Waals surface area contributed by atoms with Crippen molar-refractivity contribution >= 4 is 12.0 Å². The fourth-order valence-electron chi connectivity index (χ4n) is 2.32. The fraction of sp³-hybridized carbons (Fsp3) is 0.438. The Morgan fingerprint density at radius 3 is 2.67 bits per heavy atom. The number of benzene rings is 1. The molecule has 1 aromatic rings. The van der Waals surface area contributed by atoms with Crippen LogP contribution in [0.5, 0.6) is 5.75 Å². The highest BCUT2D eigenvalue weighted by Gasteiger charge is 2.18. The summed E-state index contributed by atoms with van der Waals surface area (Å²) in [6.45, 7) is 0.799. The third-order valence-corrected chi connectivity index (χ3v) is 3.64. The largest absolute Gasteiger partial charge is 0.434 e. The molecule has 2 rings (SSSR count). The molecule has 0 saturated carbocycles. The molecule has 0 atom stereocenters. The molecule has 0 bridgehead atoms. The van der Waals surface area contributed by atoms with Crippen LogP contribution in [-0.4, -0.2) is 30.5 Å². The van der Waals surface area contributed by atoms with Gasteiger partial charge >= 0.3 is 6.61 Å². The van der Waals surface area contributed by atoms with Gasteiger partial charge in [0.1, 0.15) is 5.75 Å². The average molecular weight is 295 g/mol. The first kappa shape index (κ1) is 15.5. The van der Waals surface area contributed by atoms with Crippen LogP contribution in [-0.2, 0) is 4.79 Å². The van der Waals surface area contributed by atoms with Crippen molar-refractivity contribution in [1.82, 2.24) is 4.90 Å². The normalized spacial score (nSPS) is 16.7. The minimum Gasteiger partial charge on any atom is -0.434 e. The minimum atomic E-state index is -2.88. The van der Waals surface area contributed by atoms with E-state index in [0.717, 1.165) is 25.9 Å². The van der Waals surface area contributed by atoms with Gasteiger partial charge < -0.3 is 9.64 Å². The predicted octanol–water partition coefficient (Wildman–Crippen LogP) is 3.56. The maximum absolute atomic E-state index is 12.3. The van der Waals surface area contributed by atoms with Crippen LogP contribution < -0.4 is 4.74 Å². The lowest BCUT2D eigenvalue weighted by Gasteiger charge is -2.29. The summed E-state index contributed by atoms with van der Waals surface area (Å²) in [5.74, 6) is 0.635. The molecule has 0 N–H and O–H groups in total. The number of para-hydroxylation sites is 1. The molecule has 1 heterocycles. The highest BCUT2D eigenvalue weighted by molar-refractivity contribution is 5.92. The summed E-state index contributed by atoms with van der Waals surface area (Å²) in [6.07, 6.45) is 4.96. The summed E-state index contributed by atoms with van der Waals surface area (Å²) in [5, 5.41) is 0. The molecule has 0 aromatic heterocycles. The van der Waals surface area contributed by atoms with Gasteiger partial charge in [-0.3, -0.25) is 4.79 Å². The number of likely N-dealkylation sites (tertiary alicyclic amines) is 1. The molecule has 1 saturated heterocycles. The lowest BCUT2D eigenvalue weighted by atomic mass is 9.99. The highest BCUT2D eigenvalue weighted by Crippen LogP contribution is 2.22. The van der Waals surface area contributed by atoms with E-state index < -0.39 is 6.61 Å². The van der Waals surface area contributed by atoms with Crippen LogP contribution >= 0.6 is 0 Å². The molecule has 0 radical (unpaired) electrons. The van der Waals surface area contributed by atoms with Gasteiger partial charge in [-0.05, 0) is 30.9 Å². The van der Waals surface area contributed by atoms with E-state index in [1.54, 1.807) is 23.1 Å². The summed E-state index contributed by atoms with van der Waals surface area (Å²) in [5.41, 5.74) is 0.469. The molecule has 0 spiro atoms. The van der Waals surface area contributed by atoms with Crippen LogP contribution in [0, 0.1) is 5.92 Å². The van der Waals surface area contributed by atoms with Crippen LogP contribution in [0.3, 0.4) is 0 Å². The second-order valence-electron chi connectivity index (χ2n) is 5.26. The number of carbonyl (C=O) groups excluding carboxylic acids is 1. The number of hydrogen-bond acceptors (Lipinski definition) is 2. The van der Waals surface area contributed by atoms with E-state index in [1.807, 2.05) is 0 Å². The lowest BCUT2D eigenvalue weighted by Crippen LogP contribution is -2.36. The van der Waals surface area contributed by atoms with Gasteiger partial charge in [0.25, 0.3) is 0 Å². The molecule has 1 amide bonds. The molecule has 1 fully saturated rings. The molecule has 1 aromatic carbocycles. The monoisotopic (exact) mass is 295 g/mol. The van der Waals surface area contributed by atoms with E-state index in [9.17, 15) is 13.6 Å². The Bertz CT molecular complexity index is 509. The van der Waals surface area contributed by atoms with E-state index in [1.165, 1.54) is 18.2 Å². The van der Waals surface area contributed by atoms with Crippen LogP contribution in [0.4, 0.5) is 8.78 Å². The van der Waals surface area contributed by atoms with E-state index in [0.29, 0.717) is 11.5 Å². The molecule has 21 heavy (non-hydrogen) atoms. The van der Waals surface area contributed by atoms with E-state index >= 15 is 0 Å². The van der Waals surface area contributed by atoms with Crippen molar-refractivity contribution in [2.75, 3.05) is 13.1 Å². The molecular formula is C16H19F2NO2. The third-order valence-electron chi connectivity index (χ3n) is 3.64. The maximum atomic E-state index is 12.3. The zero-order valence-electron chi connectivity index (χ0n) is 12.0. The number of alkyl halides is 2. The average Bonchev–Trinajstić information content (AvgIpc) is 2.46. The van der Waals surface area contributed by atoms with E-state index in [-0.39, 0.29) is 11.7 Å². The van der Waals surface area contributed by atoms with E-state index in [4.69, 9.17) is 0 Å². The summed E-state index contributed by atoms with van der Waals surface area (Å²) in [7, 11) is 0. The van der Waals surface area contributed by atoms with Gasteiger partial charge in [-0.25, -0.2) is 0 Å². The first-order valence-electron chi connectivity index (χ1n) is 7.07. The summed E-state index contributed by atoms with van der Waals surface area (Å²) >= 11 is 0. The second kappa shape index (κ2) is 7.20. The van der Waals surface area contributed by atoms with Gasteiger partial charge in [0, 0.05) is 24.7 Å². The molecule has 1 aliphatic heterocycles. The van der Waals surface area contributed by atoms with E-state index in [2.05, 4.69) is 11.7 Å². The summed E-state index contributed by atoms with van der Waals surface area (Å²) < 4.78 is 29.0. The zero-order valence-corrected chi connectivity index (χ0v) is 12.0. The quantitative estimate of drug-likeness (QED) is 0.795. The van der Waals surface area contributed by atoms with Gasteiger partial charge in [0.2, 0.25) is 5.91 Å². The smallest absolute Gasteiger partial charge is 0.387 e. The SMILES string of the molecule is CC1CCN(C(=O)/C=C/c2ccccc2OC(F)F)CC1. The van der Waals surface area contributed by atoms with Crippen molar-refractivity contribution in [2.24, 2.45) is 5.92 Å². The Balaban J connectivity index is 2.02. The number of rotatable bonds is 4. The van der Waals surface area contributed by atoms with Gasteiger partial charge in [-0.1, -0.05) is 25.1 Å². The Morgan fingerprint density at radius 1 is 1.33 bits per heavy atom. The highest BCUT2D eigenvalue weighted by atomic mass is 19.3. The zero-order chi connectivity index (χ0) is 15.2. The maximum Gasteiger partial charge on any atom is 0.387 e. The molecule has 0 aliphatic carbocycles. The molecular weight excluding hydrogens is 276 g/mol. The number of ether oxygens (including phenoxy) is 1. The third kappa shape index (κ3) is 4.55. The summed E-state index contributed by atoms with van der Waals surface area (Å²) in [4.78, 5) is 13.8. The molecule has 3 nitrogen and oxygen atoms in total. The first-order valence-corrected chi connectivity index (χ1v) is 7.07. The number of nitrogens with zero attached hydrogens (tertiary/aromatic N) is 1. The van der Waals surface area contributed by atoms with Crippen molar-refractivity contribution in [3.05, 3.63) is 35.9 Å². The Kier molecular flexibility index (Phi) is 5.31.